The summed E-state index contributed by atoms with van der Waals surface area (Å²) in [5.74, 6) is 0.251. The minimum atomic E-state index is -3.75. The number of thioether (sulfide) groups is 1. The number of carbonyl (C=O) groups is 1. The molecule has 2 aromatic rings. The van der Waals surface area contributed by atoms with Crippen LogP contribution in [0.3, 0.4) is 0 Å². The van der Waals surface area contributed by atoms with Gasteiger partial charge in [-0.1, -0.05) is 18.2 Å². The van der Waals surface area contributed by atoms with Crippen LogP contribution in [0.2, 0.25) is 0 Å². The van der Waals surface area contributed by atoms with Crippen LogP contribution in [0.15, 0.2) is 46.8 Å². The van der Waals surface area contributed by atoms with E-state index in [9.17, 15) is 13.2 Å². The first-order chi connectivity index (χ1) is 11.0. The van der Waals surface area contributed by atoms with E-state index < -0.39 is 22.0 Å². The number of rotatable bonds is 8. The summed E-state index contributed by atoms with van der Waals surface area (Å²) < 4.78 is 27.3. The molecule has 0 fully saturated rings. The minimum Gasteiger partial charge on any atom is -0.301 e. The third kappa shape index (κ3) is 5.31. The number of carbonyl (C=O) groups excluding carboxylic acids is 1. The lowest BCUT2D eigenvalue weighted by Gasteiger charge is -2.17. The smallest absolute Gasteiger partial charge is 0.244 e. The Morgan fingerprint density at radius 2 is 2.09 bits per heavy atom. The second-order valence-corrected chi connectivity index (χ2v) is 8.19. The van der Waals surface area contributed by atoms with Crippen molar-refractivity contribution in [2.45, 2.75) is 17.4 Å². The third-order valence-electron chi connectivity index (χ3n) is 2.94. The largest absolute Gasteiger partial charge is 0.301 e. The topological polar surface area (TPSA) is 88.2 Å². The van der Waals surface area contributed by atoms with Crippen LogP contribution in [-0.4, -0.2) is 37.4 Å². The second kappa shape index (κ2) is 8.44. The standard InChI is InChI=1S/C14H17N3O3S3/c1-21-9-7-12(13(18)16-14-15-8-10-22-14)17-23(19,20)11-5-3-2-4-6-11/h2-6,8,10,12,17H,7,9H2,1H3,(H,15,16,18)/t12-/m1/s1. The molecule has 1 aromatic heterocycles. The third-order valence-corrected chi connectivity index (χ3v) is 5.76. The first kappa shape index (κ1) is 17.9. The van der Waals surface area contributed by atoms with E-state index >= 15 is 0 Å². The van der Waals surface area contributed by atoms with E-state index in [1.54, 1.807) is 41.5 Å². The molecule has 0 unspecified atom stereocenters. The highest BCUT2D eigenvalue weighted by Gasteiger charge is 2.25. The van der Waals surface area contributed by atoms with E-state index in [0.717, 1.165) is 0 Å². The van der Waals surface area contributed by atoms with Gasteiger partial charge < -0.3 is 5.32 Å². The normalized spacial score (nSPS) is 12.7. The number of hydrogen-bond donors (Lipinski definition) is 2. The Morgan fingerprint density at radius 3 is 2.70 bits per heavy atom. The molecule has 1 amide bonds. The molecule has 2 rings (SSSR count). The molecule has 1 atom stereocenters. The van der Waals surface area contributed by atoms with Crippen molar-refractivity contribution in [3.63, 3.8) is 0 Å². The molecule has 0 saturated heterocycles. The summed E-state index contributed by atoms with van der Waals surface area (Å²) in [7, 11) is -3.75. The number of hydrogen-bond acceptors (Lipinski definition) is 6. The Bertz CT molecular complexity index is 718. The molecule has 0 saturated carbocycles. The average Bonchev–Trinajstić information content (AvgIpc) is 3.05. The summed E-state index contributed by atoms with van der Waals surface area (Å²) in [5, 5.41) is 4.82. The minimum absolute atomic E-state index is 0.135. The lowest BCUT2D eigenvalue weighted by molar-refractivity contribution is -0.117. The van der Waals surface area contributed by atoms with Crippen molar-refractivity contribution >= 4 is 44.2 Å². The van der Waals surface area contributed by atoms with Crippen LogP contribution in [0.4, 0.5) is 5.13 Å². The van der Waals surface area contributed by atoms with Gasteiger partial charge in [0, 0.05) is 11.6 Å². The average molecular weight is 372 g/mol. The molecule has 0 radical (unpaired) electrons. The number of nitrogens with zero attached hydrogens (tertiary/aromatic N) is 1. The van der Waals surface area contributed by atoms with Gasteiger partial charge in [0.15, 0.2) is 5.13 Å². The van der Waals surface area contributed by atoms with Crippen LogP contribution in [0.5, 0.6) is 0 Å². The van der Waals surface area contributed by atoms with Crippen LogP contribution >= 0.6 is 23.1 Å². The molecular formula is C14H17N3O3S3. The molecule has 124 valence electrons. The van der Waals surface area contributed by atoms with Crippen molar-refractivity contribution in [1.82, 2.24) is 9.71 Å². The number of thiazole rings is 1. The molecule has 0 aliphatic heterocycles. The van der Waals surface area contributed by atoms with Crippen LogP contribution in [-0.2, 0) is 14.8 Å². The number of benzene rings is 1. The van der Waals surface area contributed by atoms with E-state index in [4.69, 9.17) is 0 Å². The maximum absolute atomic E-state index is 12.4. The molecular weight excluding hydrogens is 354 g/mol. The van der Waals surface area contributed by atoms with Gasteiger partial charge in [-0.05, 0) is 30.6 Å². The summed E-state index contributed by atoms with van der Waals surface area (Å²) in [4.78, 5) is 16.5. The lowest BCUT2D eigenvalue weighted by atomic mass is 10.2. The fourth-order valence-corrected chi connectivity index (χ4v) is 4.07. The highest BCUT2D eigenvalue weighted by molar-refractivity contribution is 7.98. The van der Waals surface area contributed by atoms with E-state index in [1.807, 2.05) is 6.26 Å². The Morgan fingerprint density at radius 1 is 1.35 bits per heavy atom. The summed E-state index contributed by atoms with van der Waals surface area (Å²) >= 11 is 2.83. The van der Waals surface area contributed by atoms with Gasteiger partial charge >= 0.3 is 0 Å². The van der Waals surface area contributed by atoms with Crippen molar-refractivity contribution in [3.05, 3.63) is 41.9 Å². The second-order valence-electron chi connectivity index (χ2n) is 4.59. The number of amides is 1. The molecule has 23 heavy (non-hydrogen) atoms. The Balaban J connectivity index is 2.13. The van der Waals surface area contributed by atoms with Gasteiger partial charge in [-0.25, -0.2) is 13.4 Å². The predicted molar refractivity (Wildman–Crippen MR) is 94.3 cm³/mol. The fraction of sp³-hybridized carbons (Fsp3) is 0.286. The number of sulfonamides is 1. The predicted octanol–water partition coefficient (Wildman–Crippen LogP) is 2.18. The highest BCUT2D eigenvalue weighted by Crippen LogP contribution is 2.14. The molecule has 6 nitrogen and oxygen atoms in total. The van der Waals surface area contributed by atoms with E-state index in [2.05, 4.69) is 15.0 Å². The number of aromatic nitrogens is 1. The maximum atomic E-state index is 12.4. The van der Waals surface area contributed by atoms with Crippen LogP contribution < -0.4 is 10.0 Å². The van der Waals surface area contributed by atoms with Crippen molar-refractivity contribution in [2.24, 2.45) is 0 Å². The zero-order chi connectivity index (χ0) is 16.7. The molecule has 0 aliphatic carbocycles. The summed E-state index contributed by atoms with van der Waals surface area (Å²) in [6.07, 6.45) is 3.87. The molecule has 0 bridgehead atoms. The van der Waals surface area contributed by atoms with Crippen LogP contribution in [0, 0.1) is 0 Å². The monoisotopic (exact) mass is 371 g/mol. The van der Waals surface area contributed by atoms with Crippen molar-refractivity contribution in [2.75, 3.05) is 17.3 Å². The fourth-order valence-electron chi connectivity index (χ4n) is 1.81. The van der Waals surface area contributed by atoms with Crippen molar-refractivity contribution in [1.29, 1.82) is 0 Å². The van der Waals surface area contributed by atoms with E-state index in [-0.39, 0.29) is 4.90 Å². The highest BCUT2D eigenvalue weighted by atomic mass is 32.2. The molecule has 1 heterocycles. The van der Waals surface area contributed by atoms with Crippen molar-refractivity contribution < 1.29 is 13.2 Å². The number of anilines is 1. The Hall–Kier alpha value is -1.42. The zero-order valence-electron chi connectivity index (χ0n) is 12.4. The van der Waals surface area contributed by atoms with Gasteiger partial charge in [0.25, 0.3) is 0 Å². The van der Waals surface area contributed by atoms with Gasteiger partial charge in [-0.15, -0.1) is 11.3 Å². The first-order valence-electron chi connectivity index (χ1n) is 6.79. The van der Waals surface area contributed by atoms with Crippen LogP contribution in [0.1, 0.15) is 6.42 Å². The summed E-state index contributed by atoms with van der Waals surface area (Å²) in [6, 6.07) is 7.15. The number of nitrogens with one attached hydrogen (secondary N) is 2. The Kier molecular flexibility index (Phi) is 6.58. The van der Waals surface area contributed by atoms with Gasteiger partial charge in [-0.2, -0.15) is 16.5 Å². The summed E-state index contributed by atoms with van der Waals surface area (Å²) in [6.45, 7) is 0. The van der Waals surface area contributed by atoms with Crippen molar-refractivity contribution in [3.8, 4) is 0 Å². The zero-order valence-corrected chi connectivity index (χ0v) is 14.9. The van der Waals surface area contributed by atoms with Gasteiger partial charge in [0.2, 0.25) is 15.9 Å². The lowest BCUT2D eigenvalue weighted by Crippen LogP contribution is -2.44. The van der Waals surface area contributed by atoms with Gasteiger partial charge in [-0.3, -0.25) is 4.79 Å². The molecule has 1 aromatic carbocycles. The SMILES string of the molecule is CSCC[C@@H](NS(=O)(=O)c1ccccc1)C(=O)Nc1nccs1. The molecule has 2 N–H and O–H groups in total. The molecule has 9 heteroatoms. The Labute approximate surface area is 143 Å². The van der Waals surface area contributed by atoms with E-state index in [1.165, 1.54) is 23.5 Å². The van der Waals surface area contributed by atoms with Gasteiger partial charge in [0.1, 0.15) is 6.04 Å². The molecule has 0 aliphatic rings. The van der Waals surface area contributed by atoms with E-state index in [0.29, 0.717) is 17.3 Å². The first-order valence-corrected chi connectivity index (χ1v) is 10.6. The van der Waals surface area contributed by atoms with Crippen LogP contribution in [0.25, 0.3) is 0 Å². The van der Waals surface area contributed by atoms with Gasteiger partial charge in [0.05, 0.1) is 4.90 Å². The summed E-state index contributed by atoms with van der Waals surface area (Å²) in [5.41, 5.74) is 0. The quantitative estimate of drug-likeness (QED) is 0.742. The molecule has 0 spiro atoms. The maximum Gasteiger partial charge on any atom is 0.244 e.